The second kappa shape index (κ2) is 10.2. The van der Waals surface area contributed by atoms with E-state index in [9.17, 15) is 18.7 Å². The monoisotopic (exact) mass is 444 g/mol. The van der Waals surface area contributed by atoms with Crippen molar-refractivity contribution in [1.29, 1.82) is 0 Å². The molecule has 0 spiro atoms. The number of carbonyl (C=O) groups excluding carboxylic acids is 1. The zero-order valence-electron chi connectivity index (χ0n) is 18.9. The summed E-state index contributed by atoms with van der Waals surface area (Å²) in [6.45, 7) is 3.01. The number of aromatic nitrogens is 1. The number of aliphatic hydroxyl groups is 1. The van der Waals surface area contributed by atoms with Crippen LogP contribution in [0, 0.1) is 30.4 Å². The van der Waals surface area contributed by atoms with Crippen molar-refractivity contribution >= 4 is 5.91 Å². The Hall–Kier alpha value is -2.21. The van der Waals surface area contributed by atoms with Crippen molar-refractivity contribution < 1.29 is 18.7 Å². The SMILES string of the molecule is Cc1c(C(=O)NC[C@H]2CCCC[C@@H]2O)cc(-c2cc(F)ccc2F)n1CC1CCCCC1. The van der Waals surface area contributed by atoms with Crippen molar-refractivity contribution in [3.63, 3.8) is 0 Å². The molecule has 174 valence electrons. The Morgan fingerprint density at radius 3 is 2.53 bits per heavy atom. The highest BCUT2D eigenvalue weighted by Crippen LogP contribution is 2.33. The van der Waals surface area contributed by atoms with Gasteiger partial charge >= 0.3 is 0 Å². The van der Waals surface area contributed by atoms with Crippen LogP contribution in [-0.4, -0.2) is 28.2 Å². The number of benzene rings is 1. The molecule has 2 N–H and O–H groups in total. The molecule has 0 unspecified atom stereocenters. The molecule has 2 aromatic rings. The summed E-state index contributed by atoms with van der Waals surface area (Å²) in [5, 5.41) is 13.2. The lowest BCUT2D eigenvalue weighted by molar-refractivity contribution is 0.0662. The predicted molar refractivity (Wildman–Crippen MR) is 121 cm³/mol. The summed E-state index contributed by atoms with van der Waals surface area (Å²) in [6, 6.07) is 5.16. The first-order chi connectivity index (χ1) is 15.4. The molecule has 4 rings (SSSR count). The second-order valence-electron chi connectivity index (χ2n) is 9.59. The molecule has 4 nitrogen and oxygen atoms in total. The zero-order valence-corrected chi connectivity index (χ0v) is 18.9. The quantitative estimate of drug-likeness (QED) is 0.609. The fourth-order valence-corrected chi connectivity index (χ4v) is 5.40. The molecule has 1 heterocycles. The van der Waals surface area contributed by atoms with Gasteiger partial charge in [0.1, 0.15) is 11.6 Å². The Balaban J connectivity index is 1.62. The molecule has 2 saturated carbocycles. The zero-order chi connectivity index (χ0) is 22.7. The van der Waals surface area contributed by atoms with Gasteiger partial charge in [0.2, 0.25) is 0 Å². The molecular weight excluding hydrogens is 410 g/mol. The van der Waals surface area contributed by atoms with Crippen LogP contribution >= 0.6 is 0 Å². The maximum atomic E-state index is 14.7. The van der Waals surface area contributed by atoms with Gasteiger partial charge in [0, 0.05) is 30.3 Å². The fraction of sp³-hybridized carbons (Fsp3) is 0.577. The van der Waals surface area contributed by atoms with Crippen molar-refractivity contribution in [2.75, 3.05) is 6.54 Å². The van der Waals surface area contributed by atoms with Gasteiger partial charge < -0.3 is 15.0 Å². The van der Waals surface area contributed by atoms with Gasteiger partial charge in [-0.15, -0.1) is 0 Å². The highest BCUT2D eigenvalue weighted by Gasteiger charge is 2.26. The lowest BCUT2D eigenvalue weighted by Gasteiger charge is -2.27. The molecule has 2 fully saturated rings. The van der Waals surface area contributed by atoms with E-state index in [0.29, 0.717) is 30.3 Å². The van der Waals surface area contributed by atoms with Crippen molar-refractivity contribution in [2.45, 2.75) is 77.4 Å². The van der Waals surface area contributed by atoms with Crippen molar-refractivity contribution in [3.05, 3.63) is 47.2 Å². The fourth-order valence-electron chi connectivity index (χ4n) is 5.40. The van der Waals surface area contributed by atoms with Crippen LogP contribution in [0.3, 0.4) is 0 Å². The molecule has 0 bridgehead atoms. The molecule has 1 aromatic carbocycles. The Labute approximate surface area is 189 Å². The Morgan fingerprint density at radius 2 is 1.78 bits per heavy atom. The minimum atomic E-state index is -0.498. The van der Waals surface area contributed by atoms with E-state index in [-0.39, 0.29) is 23.5 Å². The van der Waals surface area contributed by atoms with Crippen LogP contribution in [-0.2, 0) is 6.54 Å². The van der Waals surface area contributed by atoms with Gasteiger partial charge in [-0.05, 0) is 62.8 Å². The third-order valence-corrected chi connectivity index (χ3v) is 7.37. The number of aliphatic hydroxyl groups excluding tert-OH is 1. The normalized spacial score (nSPS) is 22.1. The van der Waals surface area contributed by atoms with Gasteiger partial charge in [0.15, 0.2) is 0 Å². The summed E-state index contributed by atoms with van der Waals surface area (Å²) in [5.74, 6) is -0.676. The van der Waals surface area contributed by atoms with Crippen LogP contribution in [0.5, 0.6) is 0 Å². The van der Waals surface area contributed by atoms with E-state index in [0.717, 1.165) is 56.4 Å². The summed E-state index contributed by atoms with van der Waals surface area (Å²) in [6.07, 6.45) is 9.24. The number of rotatable bonds is 6. The maximum absolute atomic E-state index is 14.7. The van der Waals surface area contributed by atoms with E-state index in [2.05, 4.69) is 5.32 Å². The minimum absolute atomic E-state index is 0.0671. The third-order valence-electron chi connectivity index (χ3n) is 7.37. The van der Waals surface area contributed by atoms with Crippen LogP contribution in [0.1, 0.15) is 73.8 Å². The molecular formula is C26H34F2N2O2. The number of hydrogen-bond donors (Lipinski definition) is 2. The average Bonchev–Trinajstić information content (AvgIpc) is 3.11. The number of amides is 1. The Morgan fingerprint density at radius 1 is 1.06 bits per heavy atom. The number of nitrogens with zero attached hydrogens (tertiary/aromatic N) is 1. The van der Waals surface area contributed by atoms with E-state index in [4.69, 9.17) is 0 Å². The number of nitrogens with one attached hydrogen (secondary N) is 1. The highest BCUT2D eigenvalue weighted by molar-refractivity contribution is 5.97. The number of halogens is 2. The number of carbonyl (C=O) groups is 1. The highest BCUT2D eigenvalue weighted by atomic mass is 19.1. The smallest absolute Gasteiger partial charge is 0.253 e. The van der Waals surface area contributed by atoms with Gasteiger partial charge in [0.05, 0.1) is 17.4 Å². The molecule has 2 aliphatic rings. The molecule has 1 amide bonds. The first-order valence-corrected chi connectivity index (χ1v) is 12.1. The Bertz CT molecular complexity index is 950. The van der Waals surface area contributed by atoms with Gasteiger partial charge in [-0.2, -0.15) is 0 Å². The van der Waals surface area contributed by atoms with Gasteiger partial charge in [-0.25, -0.2) is 8.78 Å². The van der Waals surface area contributed by atoms with Crippen molar-refractivity contribution in [1.82, 2.24) is 9.88 Å². The third kappa shape index (κ3) is 5.06. The molecule has 6 heteroatoms. The molecule has 2 aliphatic carbocycles. The van der Waals surface area contributed by atoms with E-state index >= 15 is 0 Å². The molecule has 32 heavy (non-hydrogen) atoms. The first kappa shape index (κ1) is 23.0. The summed E-state index contributed by atoms with van der Waals surface area (Å²) in [7, 11) is 0. The van der Waals surface area contributed by atoms with Crippen molar-refractivity contribution in [2.24, 2.45) is 11.8 Å². The van der Waals surface area contributed by atoms with Crippen LogP contribution in [0.25, 0.3) is 11.3 Å². The summed E-state index contributed by atoms with van der Waals surface area (Å²) in [4.78, 5) is 13.1. The molecule has 0 saturated heterocycles. The summed E-state index contributed by atoms with van der Waals surface area (Å²) < 4.78 is 30.7. The molecule has 1 aromatic heterocycles. The molecule has 0 aliphatic heterocycles. The average molecular weight is 445 g/mol. The summed E-state index contributed by atoms with van der Waals surface area (Å²) >= 11 is 0. The topological polar surface area (TPSA) is 54.3 Å². The standard InChI is InChI=1S/C26H34F2N2O2/c1-17-21(26(32)29-15-19-9-5-6-10-25(19)31)14-24(22-13-20(27)11-12-23(22)28)30(17)16-18-7-3-2-4-8-18/h11-14,18-19,25,31H,2-10,15-16H2,1H3,(H,29,32)/t19-,25+/m1/s1. The lowest BCUT2D eigenvalue weighted by atomic mass is 9.86. The van der Waals surface area contributed by atoms with E-state index in [1.54, 1.807) is 6.07 Å². The largest absolute Gasteiger partial charge is 0.393 e. The first-order valence-electron chi connectivity index (χ1n) is 12.1. The van der Waals surface area contributed by atoms with Gasteiger partial charge in [0.25, 0.3) is 5.91 Å². The minimum Gasteiger partial charge on any atom is -0.393 e. The van der Waals surface area contributed by atoms with Crippen LogP contribution in [0.15, 0.2) is 24.3 Å². The Kier molecular flexibility index (Phi) is 7.29. The van der Waals surface area contributed by atoms with E-state index < -0.39 is 11.6 Å². The van der Waals surface area contributed by atoms with Crippen LogP contribution in [0.4, 0.5) is 8.78 Å². The maximum Gasteiger partial charge on any atom is 0.253 e. The van der Waals surface area contributed by atoms with E-state index in [1.165, 1.54) is 25.3 Å². The van der Waals surface area contributed by atoms with Crippen LogP contribution < -0.4 is 5.32 Å². The summed E-state index contributed by atoms with van der Waals surface area (Å²) in [5.41, 5.74) is 2.00. The van der Waals surface area contributed by atoms with Crippen molar-refractivity contribution in [3.8, 4) is 11.3 Å². The second-order valence-corrected chi connectivity index (χ2v) is 9.59. The van der Waals surface area contributed by atoms with E-state index in [1.807, 2.05) is 11.5 Å². The van der Waals surface area contributed by atoms with Gasteiger partial charge in [-0.1, -0.05) is 32.1 Å². The van der Waals surface area contributed by atoms with Gasteiger partial charge in [-0.3, -0.25) is 4.79 Å². The van der Waals surface area contributed by atoms with Crippen LogP contribution in [0.2, 0.25) is 0 Å². The number of hydrogen-bond acceptors (Lipinski definition) is 2. The molecule has 0 radical (unpaired) electrons. The predicted octanol–water partition coefficient (Wildman–Crippen LogP) is 5.60. The molecule has 2 atom stereocenters. The lowest BCUT2D eigenvalue weighted by Crippen LogP contribution is -2.36.